The molecule has 21 heavy (non-hydrogen) atoms. The third-order valence-corrected chi connectivity index (χ3v) is 3.54. The Bertz CT molecular complexity index is 539. The Morgan fingerprint density at radius 2 is 2.00 bits per heavy atom. The van der Waals surface area contributed by atoms with Gasteiger partial charge in [0.25, 0.3) is 5.69 Å². The minimum atomic E-state index is -0.658. The number of benzene rings is 1. The van der Waals surface area contributed by atoms with Gasteiger partial charge in [-0.3, -0.25) is 10.1 Å². The molecular formula is C14H19N3O4. The average molecular weight is 293 g/mol. The predicted molar refractivity (Wildman–Crippen MR) is 78.8 cm³/mol. The Morgan fingerprint density at radius 1 is 1.33 bits per heavy atom. The van der Waals surface area contributed by atoms with Gasteiger partial charge < -0.3 is 14.5 Å². The van der Waals surface area contributed by atoms with Crippen molar-refractivity contribution in [2.75, 3.05) is 44.7 Å². The summed E-state index contributed by atoms with van der Waals surface area (Å²) < 4.78 is 4.85. The maximum atomic E-state index is 11.8. The van der Waals surface area contributed by atoms with Crippen molar-refractivity contribution in [1.82, 2.24) is 4.90 Å². The molecule has 1 aromatic rings. The van der Waals surface area contributed by atoms with Crippen LogP contribution in [-0.2, 0) is 4.74 Å². The summed E-state index contributed by atoms with van der Waals surface area (Å²) in [6, 6.07) is 4.67. The molecule has 0 N–H and O–H groups in total. The number of esters is 1. The molecule has 0 bridgehead atoms. The standard InChI is InChI=1S/C14H19N3O4/c1-3-21-14(18)12-5-4-11(10-13(12)17(19)20)16-8-6-15(2)7-9-16/h4-5,10H,3,6-9H2,1-2H3. The lowest BCUT2D eigenvalue weighted by molar-refractivity contribution is -0.385. The van der Waals surface area contributed by atoms with Crippen molar-refractivity contribution < 1.29 is 14.5 Å². The monoisotopic (exact) mass is 293 g/mol. The Labute approximate surface area is 123 Å². The fraction of sp³-hybridized carbons (Fsp3) is 0.500. The first-order valence-corrected chi connectivity index (χ1v) is 6.92. The summed E-state index contributed by atoms with van der Waals surface area (Å²) in [4.78, 5) is 26.7. The predicted octanol–water partition coefficient (Wildman–Crippen LogP) is 1.52. The van der Waals surface area contributed by atoms with Crippen molar-refractivity contribution in [3.63, 3.8) is 0 Å². The van der Waals surface area contributed by atoms with E-state index in [0.717, 1.165) is 31.9 Å². The molecule has 0 aliphatic carbocycles. The van der Waals surface area contributed by atoms with Gasteiger partial charge in [0.2, 0.25) is 0 Å². The van der Waals surface area contributed by atoms with E-state index >= 15 is 0 Å². The van der Waals surface area contributed by atoms with Crippen LogP contribution in [0.2, 0.25) is 0 Å². The molecule has 1 saturated heterocycles. The molecule has 0 unspecified atom stereocenters. The normalized spacial score (nSPS) is 15.8. The van der Waals surface area contributed by atoms with Gasteiger partial charge in [-0.25, -0.2) is 4.79 Å². The Kier molecular flexibility index (Phi) is 4.74. The number of carbonyl (C=O) groups excluding carboxylic acids is 1. The third kappa shape index (κ3) is 3.49. The van der Waals surface area contributed by atoms with E-state index in [9.17, 15) is 14.9 Å². The molecule has 1 aromatic carbocycles. The molecule has 1 aliphatic heterocycles. The van der Waals surface area contributed by atoms with Crippen molar-refractivity contribution >= 4 is 17.3 Å². The smallest absolute Gasteiger partial charge is 0.345 e. The number of likely N-dealkylation sites (N-methyl/N-ethyl adjacent to an activating group) is 1. The minimum absolute atomic E-state index is 0.000252. The van der Waals surface area contributed by atoms with Crippen LogP contribution in [0, 0.1) is 10.1 Å². The number of rotatable bonds is 4. The number of piperazine rings is 1. The number of carbonyl (C=O) groups is 1. The summed E-state index contributed by atoms with van der Waals surface area (Å²) >= 11 is 0. The largest absolute Gasteiger partial charge is 0.462 e. The summed E-state index contributed by atoms with van der Waals surface area (Å²) in [7, 11) is 2.05. The van der Waals surface area contributed by atoms with E-state index in [0.29, 0.717) is 0 Å². The second kappa shape index (κ2) is 6.53. The van der Waals surface area contributed by atoms with Gasteiger partial charge in [0.1, 0.15) is 5.56 Å². The number of nitro benzene ring substituents is 1. The lowest BCUT2D eigenvalue weighted by atomic mass is 10.1. The van der Waals surface area contributed by atoms with Crippen LogP contribution in [0.4, 0.5) is 11.4 Å². The topological polar surface area (TPSA) is 75.9 Å². The van der Waals surface area contributed by atoms with Crippen molar-refractivity contribution in [2.24, 2.45) is 0 Å². The number of hydrogen-bond acceptors (Lipinski definition) is 6. The first kappa shape index (κ1) is 15.2. The maximum absolute atomic E-state index is 11.8. The summed E-state index contributed by atoms with van der Waals surface area (Å²) in [5.74, 6) is -0.658. The van der Waals surface area contributed by atoms with Crippen molar-refractivity contribution in [2.45, 2.75) is 6.92 Å². The zero-order chi connectivity index (χ0) is 15.4. The molecule has 1 heterocycles. The molecule has 0 saturated carbocycles. The quantitative estimate of drug-likeness (QED) is 0.476. The zero-order valence-electron chi connectivity index (χ0n) is 12.2. The number of anilines is 1. The summed E-state index contributed by atoms with van der Waals surface area (Å²) in [6.45, 7) is 5.30. The molecule has 0 amide bonds. The molecule has 1 aliphatic rings. The molecule has 0 atom stereocenters. The minimum Gasteiger partial charge on any atom is -0.462 e. The number of hydrogen-bond donors (Lipinski definition) is 0. The summed E-state index contributed by atoms with van der Waals surface area (Å²) in [6.07, 6.45) is 0. The Balaban J connectivity index is 2.28. The van der Waals surface area contributed by atoms with E-state index in [1.165, 1.54) is 12.1 Å². The molecule has 2 rings (SSSR count). The van der Waals surface area contributed by atoms with Crippen LogP contribution in [0.3, 0.4) is 0 Å². The number of nitrogens with zero attached hydrogens (tertiary/aromatic N) is 3. The van der Waals surface area contributed by atoms with E-state index in [-0.39, 0.29) is 17.9 Å². The van der Waals surface area contributed by atoms with Crippen LogP contribution in [-0.4, -0.2) is 55.6 Å². The van der Waals surface area contributed by atoms with E-state index in [2.05, 4.69) is 9.80 Å². The van der Waals surface area contributed by atoms with Gasteiger partial charge in [0.05, 0.1) is 11.5 Å². The van der Waals surface area contributed by atoms with Gasteiger partial charge in [-0.05, 0) is 26.1 Å². The highest BCUT2D eigenvalue weighted by atomic mass is 16.6. The van der Waals surface area contributed by atoms with Gasteiger partial charge in [0, 0.05) is 37.9 Å². The average Bonchev–Trinajstić information content (AvgIpc) is 2.47. The van der Waals surface area contributed by atoms with Crippen LogP contribution in [0.1, 0.15) is 17.3 Å². The highest BCUT2D eigenvalue weighted by molar-refractivity contribution is 5.94. The maximum Gasteiger partial charge on any atom is 0.345 e. The van der Waals surface area contributed by atoms with Crippen LogP contribution in [0.15, 0.2) is 18.2 Å². The summed E-state index contributed by atoms with van der Waals surface area (Å²) in [5.41, 5.74) is 0.562. The van der Waals surface area contributed by atoms with Gasteiger partial charge in [-0.15, -0.1) is 0 Å². The summed E-state index contributed by atoms with van der Waals surface area (Å²) in [5, 5.41) is 11.2. The highest BCUT2D eigenvalue weighted by Crippen LogP contribution is 2.27. The lowest BCUT2D eigenvalue weighted by Gasteiger charge is -2.34. The molecule has 0 spiro atoms. The Morgan fingerprint density at radius 3 is 2.57 bits per heavy atom. The van der Waals surface area contributed by atoms with Gasteiger partial charge in [0.15, 0.2) is 0 Å². The fourth-order valence-electron chi connectivity index (χ4n) is 2.31. The van der Waals surface area contributed by atoms with Crippen LogP contribution in [0.25, 0.3) is 0 Å². The molecule has 1 fully saturated rings. The molecular weight excluding hydrogens is 274 g/mol. The van der Waals surface area contributed by atoms with Crippen molar-refractivity contribution in [3.8, 4) is 0 Å². The van der Waals surface area contributed by atoms with E-state index in [4.69, 9.17) is 4.74 Å². The van der Waals surface area contributed by atoms with E-state index < -0.39 is 10.9 Å². The lowest BCUT2D eigenvalue weighted by Crippen LogP contribution is -2.44. The molecule has 7 heteroatoms. The number of ether oxygens (including phenoxy) is 1. The first-order chi connectivity index (χ1) is 10.0. The third-order valence-electron chi connectivity index (χ3n) is 3.54. The number of nitro groups is 1. The Hall–Kier alpha value is -2.15. The molecule has 0 radical (unpaired) electrons. The van der Waals surface area contributed by atoms with Gasteiger partial charge in [-0.2, -0.15) is 0 Å². The van der Waals surface area contributed by atoms with Crippen LogP contribution < -0.4 is 4.90 Å². The van der Waals surface area contributed by atoms with E-state index in [1.807, 2.05) is 7.05 Å². The van der Waals surface area contributed by atoms with Crippen LogP contribution in [0.5, 0.6) is 0 Å². The SMILES string of the molecule is CCOC(=O)c1ccc(N2CCN(C)CC2)cc1[N+](=O)[O-]. The van der Waals surface area contributed by atoms with Crippen molar-refractivity contribution in [1.29, 1.82) is 0 Å². The van der Waals surface area contributed by atoms with Gasteiger partial charge >= 0.3 is 5.97 Å². The second-order valence-electron chi connectivity index (χ2n) is 4.97. The van der Waals surface area contributed by atoms with Crippen molar-refractivity contribution in [3.05, 3.63) is 33.9 Å². The molecule has 7 nitrogen and oxygen atoms in total. The van der Waals surface area contributed by atoms with E-state index in [1.54, 1.807) is 13.0 Å². The molecule has 0 aromatic heterocycles. The molecule has 114 valence electrons. The zero-order valence-corrected chi connectivity index (χ0v) is 12.2. The first-order valence-electron chi connectivity index (χ1n) is 6.92. The van der Waals surface area contributed by atoms with Crippen LogP contribution >= 0.6 is 0 Å². The fourth-order valence-corrected chi connectivity index (χ4v) is 2.31. The highest BCUT2D eigenvalue weighted by Gasteiger charge is 2.24. The van der Waals surface area contributed by atoms with Gasteiger partial charge in [-0.1, -0.05) is 0 Å². The second-order valence-corrected chi connectivity index (χ2v) is 4.97.